The van der Waals surface area contributed by atoms with Crippen LogP contribution in [-0.4, -0.2) is 38.6 Å². The number of piperidine rings is 1. The molecular formula is C16H23N2O3+. The zero-order valence-electron chi connectivity index (χ0n) is 12.4. The maximum atomic E-state index is 11.9. The molecule has 0 atom stereocenters. The number of benzene rings is 1. The van der Waals surface area contributed by atoms with E-state index in [2.05, 4.69) is 5.32 Å². The summed E-state index contributed by atoms with van der Waals surface area (Å²) in [6, 6.07) is 9.87. The predicted octanol–water partition coefficient (Wildman–Crippen LogP) is -0.229. The van der Waals surface area contributed by atoms with Crippen molar-refractivity contribution in [3.05, 3.63) is 35.9 Å². The summed E-state index contributed by atoms with van der Waals surface area (Å²) in [6.07, 6.45) is 1.60. The van der Waals surface area contributed by atoms with E-state index in [4.69, 9.17) is 4.74 Å². The number of rotatable bonds is 5. The number of ether oxygens (including phenoxy) is 1. The molecule has 1 aromatic rings. The molecule has 1 aliphatic rings. The Hall–Kier alpha value is -1.88. The van der Waals surface area contributed by atoms with Gasteiger partial charge < -0.3 is 15.0 Å². The molecule has 1 saturated heterocycles. The van der Waals surface area contributed by atoms with Crippen LogP contribution in [0.2, 0.25) is 0 Å². The van der Waals surface area contributed by atoms with E-state index in [-0.39, 0.29) is 17.8 Å². The lowest BCUT2D eigenvalue weighted by Gasteiger charge is -2.27. The second-order valence-corrected chi connectivity index (χ2v) is 5.49. The van der Waals surface area contributed by atoms with Crippen LogP contribution in [0.3, 0.4) is 0 Å². The molecule has 0 saturated carbocycles. The van der Waals surface area contributed by atoms with Gasteiger partial charge in [0.2, 0.25) is 0 Å². The molecular weight excluding hydrogens is 268 g/mol. The van der Waals surface area contributed by atoms with Crippen molar-refractivity contribution >= 4 is 11.9 Å². The topological polar surface area (TPSA) is 59.8 Å². The Balaban J connectivity index is 1.68. The van der Waals surface area contributed by atoms with Crippen LogP contribution in [0.5, 0.6) is 0 Å². The van der Waals surface area contributed by atoms with Crippen LogP contribution in [-0.2, 0) is 20.9 Å². The first kappa shape index (κ1) is 15.5. The Kier molecular flexibility index (Phi) is 5.75. The smallest absolute Gasteiger partial charge is 0.309 e. The number of likely N-dealkylation sites (tertiary alicyclic amines) is 1. The van der Waals surface area contributed by atoms with Crippen molar-refractivity contribution in [2.45, 2.75) is 19.4 Å². The number of carbonyl (C=O) groups is 2. The van der Waals surface area contributed by atoms with Gasteiger partial charge >= 0.3 is 5.97 Å². The summed E-state index contributed by atoms with van der Waals surface area (Å²) in [5.74, 6) is -0.0564. The van der Waals surface area contributed by atoms with Crippen LogP contribution in [0, 0.1) is 5.92 Å². The summed E-state index contributed by atoms with van der Waals surface area (Å²) in [4.78, 5) is 24.6. The molecule has 1 aromatic carbocycles. The van der Waals surface area contributed by atoms with Gasteiger partial charge in [0, 0.05) is 19.4 Å². The Bertz CT molecular complexity index is 468. The molecule has 0 bridgehead atoms. The summed E-state index contributed by atoms with van der Waals surface area (Å²) in [5.41, 5.74) is 1.10. The second kappa shape index (κ2) is 7.78. The van der Waals surface area contributed by atoms with Crippen molar-refractivity contribution in [2.75, 3.05) is 26.7 Å². The van der Waals surface area contributed by atoms with E-state index >= 15 is 0 Å². The standard InChI is InChI=1S/C16H22N2O3/c1-21-16(20)14-7-9-18(10-8-14)12-15(19)17-11-13-5-3-2-4-6-13/h2-6,14H,7-12H2,1H3,(H,17,19)/p+1. The number of amides is 1. The number of hydrogen-bond donors (Lipinski definition) is 2. The van der Waals surface area contributed by atoms with Gasteiger partial charge in [0.25, 0.3) is 5.91 Å². The molecule has 2 N–H and O–H groups in total. The predicted molar refractivity (Wildman–Crippen MR) is 78.6 cm³/mol. The molecule has 0 radical (unpaired) electrons. The molecule has 5 heteroatoms. The van der Waals surface area contributed by atoms with Gasteiger partial charge in [-0.3, -0.25) is 9.59 Å². The number of nitrogens with one attached hydrogen (secondary N) is 2. The van der Waals surface area contributed by atoms with Gasteiger partial charge in [-0.25, -0.2) is 0 Å². The fourth-order valence-electron chi connectivity index (χ4n) is 2.69. The van der Waals surface area contributed by atoms with Crippen molar-refractivity contribution < 1.29 is 19.2 Å². The number of carbonyl (C=O) groups excluding carboxylic acids is 2. The molecule has 1 aliphatic heterocycles. The third-order valence-corrected chi connectivity index (χ3v) is 3.97. The number of methoxy groups -OCH3 is 1. The van der Waals surface area contributed by atoms with Crippen molar-refractivity contribution in [3.8, 4) is 0 Å². The van der Waals surface area contributed by atoms with Crippen LogP contribution >= 0.6 is 0 Å². The maximum Gasteiger partial charge on any atom is 0.309 e. The Morgan fingerprint density at radius 3 is 2.52 bits per heavy atom. The van der Waals surface area contributed by atoms with Gasteiger partial charge in [-0.05, 0) is 5.56 Å². The quantitative estimate of drug-likeness (QED) is 0.737. The summed E-state index contributed by atoms with van der Waals surface area (Å²) >= 11 is 0. The highest BCUT2D eigenvalue weighted by atomic mass is 16.5. The fourth-order valence-corrected chi connectivity index (χ4v) is 2.69. The monoisotopic (exact) mass is 291 g/mol. The highest BCUT2D eigenvalue weighted by molar-refractivity contribution is 5.76. The largest absolute Gasteiger partial charge is 0.469 e. The van der Waals surface area contributed by atoms with E-state index in [1.807, 2.05) is 30.3 Å². The SMILES string of the molecule is COC(=O)C1CC[NH+](CC(=O)NCc2ccccc2)CC1. The van der Waals surface area contributed by atoms with Gasteiger partial charge in [0.15, 0.2) is 6.54 Å². The molecule has 0 aliphatic carbocycles. The molecule has 114 valence electrons. The highest BCUT2D eigenvalue weighted by Crippen LogP contribution is 2.10. The minimum atomic E-state index is -0.123. The minimum absolute atomic E-state index is 0.00568. The van der Waals surface area contributed by atoms with Crippen LogP contribution in [0.25, 0.3) is 0 Å². The van der Waals surface area contributed by atoms with Gasteiger partial charge in [0.1, 0.15) is 0 Å². The van der Waals surface area contributed by atoms with E-state index < -0.39 is 0 Å². The number of esters is 1. The molecule has 0 aromatic heterocycles. The van der Waals surface area contributed by atoms with E-state index in [1.165, 1.54) is 12.0 Å². The van der Waals surface area contributed by atoms with Crippen molar-refractivity contribution in [3.63, 3.8) is 0 Å². The van der Waals surface area contributed by atoms with Crippen molar-refractivity contribution in [2.24, 2.45) is 5.92 Å². The van der Waals surface area contributed by atoms with Crippen molar-refractivity contribution in [1.82, 2.24) is 5.32 Å². The Labute approximate surface area is 125 Å². The van der Waals surface area contributed by atoms with Gasteiger partial charge in [-0.15, -0.1) is 0 Å². The first-order chi connectivity index (χ1) is 10.2. The lowest BCUT2D eigenvalue weighted by molar-refractivity contribution is -0.897. The van der Waals surface area contributed by atoms with Crippen LogP contribution in [0.1, 0.15) is 18.4 Å². The summed E-state index contributed by atoms with van der Waals surface area (Å²) < 4.78 is 4.77. The molecule has 1 fully saturated rings. The molecule has 0 spiro atoms. The average Bonchev–Trinajstić information content (AvgIpc) is 2.54. The average molecular weight is 291 g/mol. The molecule has 1 heterocycles. The summed E-state index contributed by atoms with van der Waals surface area (Å²) in [7, 11) is 1.43. The molecule has 5 nitrogen and oxygen atoms in total. The van der Waals surface area contributed by atoms with Crippen LogP contribution in [0.4, 0.5) is 0 Å². The summed E-state index contributed by atoms with van der Waals surface area (Å²) in [5, 5.41) is 2.94. The second-order valence-electron chi connectivity index (χ2n) is 5.49. The fraction of sp³-hybridized carbons (Fsp3) is 0.500. The third kappa shape index (κ3) is 4.86. The zero-order valence-corrected chi connectivity index (χ0v) is 12.4. The molecule has 21 heavy (non-hydrogen) atoms. The van der Waals surface area contributed by atoms with E-state index in [9.17, 15) is 9.59 Å². The zero-order chi connectivity index (χ0) is 15.1. The molecule has 1 amide bonds. The normalized spacial score (nSPS) is 21.6. The Morgan fingerprint density at radius 1 is 1.24 bits per heavy atom. The van der Waals surface area contributed by atoms with Gasteiger partial charge in [-0.1, -0.05) is 30.3 Å². The first-order valence-electron chi connectivity index (χ1n) is 7.41. The molecule has 0 unspecified atom stereocenters. The number of hydrogen-bond acceptors (Lipinski definition) is 3. The summed E-state index contributed by atoms with van der Waals surface area (Å²) in [6.45, 7) is 2.73. The van der Waals surface area contributed by atoms with E-state index in [0.717, 1.165) is 31.5 Å². The lowest BCUT2D eigenvalue weighted by Crippen LogP contribution is -3.14. The van der Waals surface area contributed by atoms with Gasteiger partial charge in [0.05, 0.1) is 26.1 Å². The highest BCUT2D eigenvalue weighted by Gasteiger charge is 2.28. The van der Waals surface area contributed by atoms with Gasteiger partial charge in [-0.2, -0.15) is 0 Å². The lowest BCUT2D eigenvalue weighted by atomic mass is 9.97. The van der Waals surface area contributed by atoms with Crippen LogP contribution < -0.4 is 10.2 Å². The maximum absolute atomic E-state index is 11.9. The first-order valence-corrected chi connectivity index (χ1v) is 7.41. The Morgan fingerprint density at radius 2 is 1.90 bits per heavy atom. The van der Waals surface area contributed by atoms with E-state index in [1.54, 1.807) is 0 Å². The molecule has 2 rings (SSSR count). The van der Waals surface area contributed by atoms with Crippen molar-refractivity contribution in [1.29, 1.82) is 0 Å². The minimum Gasteiger partial charge on any atom is -0.469 e. The number of quaternary nitrogens is 1. The third-order valence-electron chi connectivity index (χ3n) is 3.97. The van der Waals surface area contributed by atoms with E-state index in [0.29, 0.717) is 13.1 Å². The van der Waals surface area contributed by atoms with Crippen LogP contribution in [0.15, 0.2) is 30.3 Å².